The standard InChI is InChI=1S/C10H9ClN2O/c1-13-9-4-6(11)2-3-7(9)8(5-14)10(13)12/h2-5H,12H2,1H3. The van der Waals surface area contributed by atoms with E-state index >= 15 is 0 Å². The molecule has 3 nitrogen and oxygen atoms in total. The molecule has 0 aliphatic heterocycles. The molecule has 0 saturated carbocycles. The van der Waals surface area contributed by atoms with Crippen molar-refractivity contribution in [3.63, 3.8) is 0 Å². The molecule has 1 aromatic carbocycles. The van der Waals surface area contributed by atoms with Crippen molar-refractivity contribution in [1.29, 1.82) is 0 Å². The normalized spacial score (nSPS) is 10.7. The highest BCUT2D eigenvalue weighted by Gasteiger charge is 2.11. The van der Waals surface area contributed by atoms with Crippen LogP contribution in [0.15, 0.2) is 18.2 Å². The van der Waals surface area contributed by atoms with Crippen molar-refractivity contribution >= 4 is 34.6 Å². The van der Waals surface area contributed by atoms with E-state index in [4.69, 9.17) is 17.3 Å². The Kier molecular flexibility index (Phi) is 1.97. The third-order valence-corrected chi connectivity index (χ3v) is 2.60. The van der Waals surface area contributed by atoms with Crippen LogP contribution < -0.4 is 5.73 Å². The first-order valence-corrected chi connectivity index (χ1v) is 4.51. The molecule has 14 heavy (non-hydrogen) atoms. The number of halogens is 1. The topological polar surface area (TPSA) is 48.0 Å². The zero-order valence-electron chi connectivity index (χ0n) is 7.62. The average molecular weight is 209 g/mol. The molecule has 2 rings (SSSR count). The highest BCUT2D eigenvalue weighted by atomic mass is 35.5. The maximum absolute atomic E-state index is 10.8. The Hall–Kier alpha value is -1.48. The van der Waals surface area contributed by atoms with Crippen LogP contribution in [-0.4, -0.2) is 10.9 Å². The van der Waals surface area contributed by atoms with Gasteiger partial charge in [0.1, 0.15) is 5.82 Å². The predicted octanol–water partition coefficient (Wildman–Crippen LogP) is 2.23. The summed E-state index contributed by atoms with van der Waals surface area (Å²) in [6.07, 6.45) is 0.769. The summed E-state index contributed by atoms with van der Waals surface area (Å²) < 4.78 is 1.75. The zero-order chi connectivity index (χ0) is 10.3. The third-order valence-electron chi connectivity index (χ3n) is 2.37. The highest BCUT2D eigenvalue weighted by molar-refractivity contribution is 6.31. The lowest BCUT2D eigenvalue weighted by Crippen LogP contribution is -1.97. The minimum atomic E-state index is 0.470. The number of hydrogen-bond acceptors (Lipinski definition) is 2. The number of nitrogens with two attached hydrogens (primary N) is 1. The van der Waals surface area contributed by atoms with E-state index in [0.717, 1.165) is 17.2 Å². The van der Waals surface area contributed by atoms with Gasteiger partial charge in [-0.05, 0) is 12.1 Å². The van der Waals surface area contributed by atoms with Gasteiger partial charge in [0.15, 0.2) is 6.29 Å². The lowest BCUT2D eigenvalue weighted by molar-refractivity contribution is 0.112. The molecule has 72 valence electrons. The van der Waals surface area contributed by atoms with E-state index in [1.165, 1.54) is 0 Å². The van der Waals surface area contributed by atoms with Gasteiger partial charge in [-0.1, -0.05) is 17.7 Å². The van der Waals surface area contributed by atoms with E-state index in [1.807, 2.05) is 0 Å². The maximum atomic E-state index is 10.8. The van der Waals surface area contributed by atoms with Gasteiger partial charge in [-0.2, -0.15) is 0 Å². The second-order valence-electron chi connectivity index (χ2n) is 3.14. The van der Waals surface area contributed by atoms with Gasteiger partial charge in [-0.3, -0.25) is 4.79 Å². The molecule has 0 radical (unpaired) electrons. The minimum Gasteiger partial charge on any atom is -0.384 e. The number of benzene rings is 1. The number of aromatic nitrogens is 1. The fourth-order valence-corrected chi connectivity index (χ4v) is 1.75. The van der Waals surface area contributed by atoms with Crippen LogP contribution in [0.2, 0.25) is 5.02 Å². The molecule has 0 amide bonds. The first-order chi connectivity index (χ1) is 6.65. The van der Waals surface area contributed by atoms with Crippen molar-refractivity contribution in [2.45, 2.75) is 0 Å². The molecule has 1 heterocycles. The SMILES string of the molecule is Cn1c(N)c(C=O)c2ccc(Cl)cc21. The van der Waals surface area contributed by atoms with Crippen LogP contribution in [0.5, 0.6) is 0 Å². The van der Waals surface area contributed by atoms with Crippen LogP contribution >= 0.6 is 11.6 Å². The number of carbonyl (C=O) groups is 1. The van der Waals surface area contributed by atoms with E-state index in [9.17, 15) is 4.79 Å². The lowest BCUT2D eigenvalue weighted by atomic mass is 10.2. The molecule has 4 heteroatoms. The number of hydrogen-bond donors (Lipinski definition) is 1. The van der Waals surface area contributed by atoms with E-state index in [1.54, 1.807) is 29.8 Å². The Morgan fingerprint density at radius 1 is 1.50 bits per heavy atom. The Balaban J connectivity index is 2.95. The van der Waals surface area contributed by atoms with Gasteiger partial charge < -0.3 is 10.3 Å². The number of fused-ring (bicyclic) bond motifs is 1. The molecule has 2 N–H and O–H groups in total. The number of aldehydes is 1. The van der Waals surface area contributed by atoms with Gasteiger partial charge in [-0.25, -0.2) is 0 Å². The quantitative estimate of drug-likeness (QED) is 0.731. The third kappa shape index (κ3) is 1.09. The van der Waals surface area contributed by atoms with Crippen LogP contribution in [0.3, 0.4) is 0 Å². The number of aryl methyl sites for hydroxylation is 1. The summed E-state index contributed by atoms with van der Waals surface area (Å²) in [5.41, 5.74) is 7.16. The molecular weight excluding hydrogens is 200 g/mol. The molecule has 0 unspecified atom stereocenters. The molecule has 0 aliphatic rings. The van der Waals surface area contributed by atoms with Crippen molar-refractivity contribution in [1.82, 2.24) is 4.57 Å². The Morgan fingerprint density at radius 3 is 2.86 bits per heavy atom. The highest BCUT2D eigenvalue weighted by Crippen LogP contribution is 2.27. The van der Waals surface area contributed by atoms with Crippen LogP contribution in [0.4, 0.5) is 5.82 Å². The van der Waals surface area contributed by atoms with Crippen LogP contribution in [0.1, 0.15) is 10.4 Å². The van der Waals surface area contributed by atoms with E-state index in [2.05, 4.69) is 0 Å². The van der Waals surface area contributed by atoms with Crippen LogP contribution in [0.25, 0.3) is 10.9 Å². The summed E-state index contributed by atoms with van der Waals surface area (Å²) in [6.45, 7) is 0. The van der Waals surface area contributed by atoms with Gasteiger partial charge in [0.2, 0.25) is 0 Å². The molecule has 0 spiro atoms. The van der Waals surface area contributed by atoms with Crippen molar-refractivity contribution in [2.24, 2.45) is 7.05 Å². The Bertz CT molecular complexity index is 516. The fraction of sp³-hybridized carbons (Fsp3) is 0.100. The summed E-state index contributed by atoms with van der Waals surface area (Å²) in [5, 5.41) is 1.47. The number of carbonyl (C=O) groups excluding carboxylic acids is 1. The maximum Gasteiger partial charge on any atom is 0.154 e. The first-order valence-electron chi connectivity index (χ1n) is 4.13. The molecule has 0 fully saturated rings. The van der Waals surface area contributed by atoms with Gasteiger partial charge in [-0.15, -0.1) is 0 Å². The summed E-state index contributed by atoms with van der Waals surface area (Å²) >= 11 is 5.85. The van der Waals surface area contributed by atoms with Gasteiger partial charge >= 0.3 is 0 Å². The largest absolute Gasteiger partial charge is 0.384 e. The van der Waals surface area contributed by atoms with Crippen molar-refractivity contribution < 1.29 is 4.79 Å². The molecule has 0 atom stereocenters. The molecule has 0 saturated heterocycles. The second-order valence-corrected chi connectivity index (χ2v) is 3.57. The second kappa shape index (κ2) is 3.03. The number of rotatable bonds is 1. The first kappa shape index (κ1) is 9.09. The van der Waals surface area contributed by atoms with E-state index in [-0.39, 0.29) is 0 Å². The summed E-state index contributed by atoms with van der Waals surface area (Å²) in [4.78, 5) is 10.8. The van der Waals surface area contributed by atoms with Gasteiger partial charge in [0.25, 0.3) is 0 Å². The monoisotopic (exact) mass is 208 g/mol. The fourth-order valence-electron chi connectivity index (χ4n) is 1.58. The molecule has 2 aromatic rings. The molecule has 0 aliphatic carbocycles. The summed E-state index contributed by atoms with van der Waals surface area (Å²) in [7, 11) is 1.81. The number of nitrogen functional groups attached to an aromatic ring is 1. The summed E-state index contributed by atoms with van der Waals surface area (Å²) in [6, 6.07) is 5.34. The van der Waals surface area contributed by atoms with Gasteiger partial charge in [0.05, 0.1) is 11.1 Å². The zero-order valence-corrected chi connectivity index (χ0v) is 8.38. The Labute approximate surface area is 86.1 Å². The Morgan fingerprint density at radius 2 is 2.21 bits per heavy atom. The number of anilines is 1. The van der Waals surface area contributed by atoms with Crippen LogP contribution in [-0.2, 0) is 7.05 Å². The van der Waals surface area contributed by atoms with Gasteiger partial charge in [0, 0.05) is 17.5 Å². The molecule has 1 aromatic heterocycles. The number of nitrogens with zero attached hydrogens (tertiary/aromatic N) is 1. The van der Waals surface area contributed by atoms with Crippen LogP contribution in [0, 0.1) is 0 Å². The van der Waals surface area contributed by atoms with E-state index in [0.29, 0.717) is 16.4 Å². The average Bonchev–Trinajstić information content (AvgIpc) is 2.41. The summed E-state index contributed by atoms with van der Waals surface area (Å²) in [5.74, 6) is 0.470. The lowest BCUT2D eigenvalue weighted by Gasteiger charge is -1.97. The van der Waals surface area contributed by atoms with Crippen molar-refractivity contribution in [2.75, 3.05) is 5.73 Å². The minimum absolute atomic E-state index is 0.470. The smallest absolute Gasteiger partial charge is 0.154 e. The van der Waals surface area contributed by atoms with E-state index < -0.39 is 0 Å². The molecular formula is C10H9ClN2O. The van der Waals surface area contributed by atoms with Crippen molar-refractivity contribution in [3.8, 4) is 0 Å². The van der Waals surface area contributed by atoms with Crippen molar-refractivity contribution in [3.05, 3.63) is 28.8 Å². The predicted molar refractivity (Wildman–Crippen MR) is 57.7 cm³/mol. The molecule has 0 bridgehead atoms.